The molecular formula is C22H25N3O2. The molecule has 1 fully saturated rings. The largest absolute Gasteiger partial charge is 0.339 e. The van der Waals surface area contributed by atoms with Crippen molar-refractivity contribution in [2.75, 3.05) is 26.2 Å². The Bertz CT molecular complexity index is 986. The van der Waals surface area contributed by atoms with Crippen LogP contribution in [0, 0.1) is 0 Å². The number of para-hydroxylation sites is 2. The van der Waals surface area contributed by atoms with Crippen LogP contribution in [0.3, 0.4) is 0 Å². The molecule has 0 atom stereocenters. The molecule has 0 saturated carbocycles. The van der Waals surface area contributed by atoms with E-state index < -0.39 is 0 Å². The topological polar surface area (TPSA) is 45.5 Å². The van der Waals surface area contributed by atoms with Gasteiger partial charge in [0.15, 0.2) is 5.43 Å². The lowest BCUT2D eigenvalue weighted by Crippen LogP contribution is -2.51. The van der Waals surface area contributed by atoms with Crippen LogP contribution in [0.15, 0.2) is 53.3 Å². The summed E-state index contributed by atoms with van der Waals surface area (Å²) < 4.78 is 1.99. The minimum atomic E-state index is 0.0236. The van der Waals surface area contributed by atoms with Crippen LogP contribution >= 0.6 is 0 Å². The minimum absolute atomic E-state index is 0.0236. The Morgan fingerprint density at radius 3 is 1.93 bits per heavy atom. The standard InChI is InChI=1S/C22H25N3O2/c1-16(2)23-11-13-24(14-12-23)21(26)15-25-19-9-5-3-7-17(19)22(27)18-8-4-6-10-20(18)25/h3-10,16H,11-15H2,1-2H3. The van der Waals surface area contributed by atoms with Gasteiger partial charge in [0.05, 0.1) is 11.0 Å². The Labute approximate surface area is 158 Å². The van der Waals surface area contributed by atoms with Crippen molar-refractivity contribution in [3.8, 4) is 0 Å². The fourth-order valence-corrected chi connectivity index (χ4v) is 3.97. The third kappa shape index (κ3) is 3.23. The van der Waals surface area contributed by atoms with Gasteiger partial charge in [-0.05, 0) is 38.1 Å². The summed E-state index contributed by atoms with van der Waals surface area (Å²) in [4.78, 5) is 30.2. The van der Waals surface area contributed by atoms with E-state index in [9.17, 15) is 9.59 Å². The molecule has 0 aliphatic carbocycles. The maximum atomic E-state index is 13.0. The summed E-state index contributed by atoms with van der Waals surface area (Å²) in [6.07, 6.45) is 0. The Hall–Kier alpha value is -2.66. The normalized spacial score (nSPS) is 15.7. The molecule has 0 N–H and O–H groups in total. The minimum Gasteiger partial charge on any atom is -0.339 e. The summed E-state index contributed by atoms with van der Waals surface area (Å²) in [6, 6.07) is 15.6. The van der Waals surface area contributed by atoms with Gasteiger partial charge in [-0.25, -0.2) is 0 Å². The molecule has 0 unspecified atom stereocenters. The predicted molar refractivity (Wildman–Crippen MR) is 109 cm³/mol. The molecule has 1 aromatic heterocycles. The van der Waals surface area contributed by atoms with E-state index in [4.69, 9.17) is 0 Å². The van der Waals surface area contributed by atoms with Gasteiger partial charge in [-0.2, -0.15) is 0 Å². The average molecular weight is 363 g/mol. The molecule has 0 bridgehead atoms. The third-order valence-corrected chi connectivity index (χ3v) is 5.57. The maximum Gasteiger partial charge on any atom is 0.242 e. The zero-order valence-corrected chi connectivity index (χ0v) is 15.9. The molecule has 140 valence electrons. The van der Waals surface area contributed by atoms with Crippen LogP contribution in [0.25, 0.3) is 21.8 Å². The number of nitrogens with zero attached hydrogens (tertiary/aromatic N) is 3. The number of carbonyl (C=O) groups is 1. The highest BCUT2D eigenvalue weighted by molar-refractivity contribution is 5.94. The Kier molecular flexibility index (Phi) is 4.70. The van der Waals surface area contributed by atoms with Crippen molar-refractivity contribution < 1.29 is 4.79 Å². The summed E-state index contributed by atoms with van der Waals surface area (Å²) in [6.45, 7) is 7.97. The first-order chi connectivity index (χ1) is 13.1. The van der Waals surface area contributed by atoms with Gasteiger partial charge in [0.25, 0.3) is 0 Å². The quantitative estimate of drug-likeness (QED) is 0.672. The first kappa shape index (κ1) is 17.7. The van der Waals surface area contributed by atoms with E-state index in [-0.39, 0.29) is 17.9 Å². The highest BCUT2D eigenvalue weighted by Crippen LogP contribution is 2.19. The van der Waals surface area contributed by atoms with Gasteiger partial charge in [-0.3, -0.25) is 14.5 Å². The summed E-state index contributed by atoms with van der Waals surface area (Å²) in [5.74, 6) is 0.109. The van der Waals surface area contributed by atoms with E-state index in [1.165, 1.54) is 0 Å². The number of hydrogen-bond acceptors (Lipinski definition) is 3. The Morgan fingerprint density at radius 2 is 1.41 bits per heavy atom. The molecule has 1 aliphatic heterocycles. The van der Waals surface area contributed by atoms with E-state index in [0.29, 0.717) is 16.8 Å². The number of amides is 1. The fourth-order valence-electron chi connectivity index (χ4n) is 3.97. The molecule has 4 rings (SSSR count). The number of fused-ring (bicyclic) bond motifs is 2. The fraction of sp³-hybridized carbons (Fsp3) is 0.364. The van der Waals surface area contributed by atoms with Gasteiger partial charge in [-0.15, -0.1) is 0 Å². The smallest absolute Gasteiger partial charge is 0.242 e. The van der Waals surface area contributed by atoms with E-state index in [1.54, 1.807) is 0 Å². The van der Waals surface area contributed by atoms with E-state index in [0.717, 1.165) is 37.2 Å². The van der Waals surface area contributed by atoms with Gasteiger partial charge in [0.2, 0.25) is 5.91 Å². The number of aromatic nitrogens is 1. The molecule has 1 aliphatic rings. The number of carbonyl (C=O) groups excluding carboxylic acids is 1. The molecule has 2 heterocycles. The second kappa shape index (κ2) is 7.16. The zero-order chi connectivity index (χ0) is 19.0. The maximum absolute atomic E-state index is 13.0. The van der Waals surface area contributed by atoms with Gasteiger partial charge < -0.3 is 9.47 Å². The van der Waals surface area contributed by atoms with Crippen molar-refractivity contribution in [2.24, 2.45) is 0 Å². The highest BCUT2D eigenvalue weighted by atomic mass is 16.2. The first-order valence-electron chi connectivity index (χ1n) is 9.58. The second-order valence-electron chi connectivity index (χ2n) is 7.46. The molecule has 0 radical (unpaired) electrons. The first-order valence-corrected chi connectivity index (χ1v) is 9.58. The monoisotopic (exact) mass is 363 g/mol. The molecule has 2 aromatic carbocycles. The number of hydrogen-bond donors (Lipinski definition) is 0. The molecule has 3 aromatic rings. The van der Waals surface area contributed by atoms with Gasteiger partial charge in [0.1, 0.15) is 6.54 Å². The number of pyridine rings is 1. The molecule has 1 saturated heterocycles. The molecule has 5 nitrogen and oxygen atoms in total. The van der Waals surface area contributed by atoms with Crippen molar-refractivity contribution >= 4 is 27.7 Å². The van der Waals surface area contributed by atoms with Crippen LogP contribution in [-0.4, -0.2) is 52.5 Å². The second-order valence-corrected chi connectivity index (χ2v) is 7.46. The summed E-state index contributed by atoms with van der Waals surface area (Å²) >= 11 is 0. The van der Waals surface area contributed by atoms with Crippen LogP contribution in [0.2, 0.25) is 0 Å². The lowest BCUT2D eigenvalue weighted by Gasteiger charge is -2.37. The van der Waals surface area contributed by atoms with Gasteiger partial charge >= 0.3 is 0 Å². The van der Waals surface area contributed by atoms with Gasteiger partial charge in [0, 0.05) is 43.0 Å². The van der Waals surface area contributed by atoms with Crippen LogP contribution in [0.5, 0.6) is 0 Å². The van der Waals surface area contributed by atoms with Gasteiger partial charge in [-0.1, -0.05) is 24.3 Å². The SMILES string of the molecule is CC(C)N1CCN(C(=O)Cn2c3ccccc3c(=O)c3ccccc32)CC1. The van der Waals surface area contributed by atoms with Crippen molar-refractivity contribution in [3.05, 3.63) is 58.8 Å². The Balaban J connectivity index is 1.70. The summed E-state index contributed by atoms with van der Waals surface area (Å²) in [5, 5.41) is 1.32. The van der Waals surface area contributed by atoms with Crippen LogP contribution in [0.1, 0.15) is 13.8 Å². The lowest BCUT2D eigenvalue weighted by molar-refractivity contribution is -0.133. The predicted octanol–water partition coefficient (Wildman–Crippen LogP) is 2.71. The Morgan fingerprint density at radius 1 is 0.889 bits per heavy atom. The van der Waals surface area contributed by atoms with Crippen molar-refractivity contribution in [3.63, 3.8) is 0 Å². The van der Waals surface area contributed by atoms with E-state index in [1.807, 2.05) is 58.0 Å². The summed E-state index contributed by atoms with van der Waals surface area (Å²) in [5.41, 5.74) is 1.65. The molecule has 5 heteroatoms. The van der Waals surface area contributed by atoms with E-state index in [2.05, 4.69) is 18.7 Å². The van der Waals surface area contributed by atoms with E-state index >= 15 is 0 Å². The molecular weight excluding hydrogens is 338 g/mol. The molecule has 27 heavy (non-hydrogen) atoms. The summed E-state index contributed by atoms with van der Waals surface area (Å²) in [7, 11) is 0. The molecule has 1 amide bonds. The van der Waals surface area contributed by atoms with Crippen LogP contribution in [-0.2, 0) is 11.3 Å². The number of benzene rings is 2. The third-order valence-electron chi connectivity index (χ3n) is 5.57. The zero-order valence-electron chi connectivity index (χ0n) is 15.9. The van der Waals surface area contributed by atoms with Crippen molar-refractivity contribution in [1.29, 1.82) is 0 Å². The highest BCUT2D eigenvalue weighted by Gasteiger charge is 2.23. The van der Waals surface area contributed by atoms with Crippen molar-refractivity contribution in [1.82, 2.24) is 14.4 Å². The average Bonchev–Trinajstić information content (AvgIpc) is 2.71. The van der Waals surface area contributed by atoms with Crippen molar-refractivity contribution in [2.45, 2.75) is 26.4 Å². The van der Waals surface area contributed by atoms with Crippen LogP contribution in [0.4, 0.5) is 0 Å². The molecule has 0 spiro atoms. The number of rotatable bonds is 3. The lowest BCUT2D eigenvalue weighted by atomic mass is 10.1. The number of piperazine rings is 1. The van der Waals surface area contributed by atoms with Crippen LogP contribution < -0.4 is 5.43 Å².